The van der Waals surface area contributed by atoms with Crippen molar-refractivity contribution < 1.29 is 8.83 Å². The van der Waals surface area contributed by atoms with Gasteiger partial charge in [-0.05, 0) is 134 Å². The molecule has 0 unspecified atom stereocenters. The van der Waals surface area contributed by atoms with Gasteiger partial charge in [0.05, 0.1) is 11.4 Å². The average Bonchev–Trinajstić information content (AvgIpc) is 4.19. The van der Waals surface area contributed by atoms with Gasteiger partial charge in [0, 0.05) is 75.5 Å². The fourth-order valence-corrected chi connectivity index (χ4v) is 14.4. The first kappa shape index (κ1) is 46.9. The van der Waals surface area contributed by atoms with Gasteiger partial charge in [0.2, 0.25) is 11.8 Å². The Morgan fingerprint density at radius 1 is 0.372 bits per heavy atom. The number of furan rings is 2. The molecular weight excluding hydrogens is 988 g/mol. The first-order valence-electron chi connectivity index (χ1n) is 27.1. The number of thiophene rings is 2. The molecule has 376 valence electrons. The van der Waals surface area contributed by atoms with Crippen LogP contribution >= 0.6 is 22.7 Å². The lowest BCUT2D eigenvalue weighted by molar-refractivity contribution is 0.589. The van der Waals surface area contributed by atoms with Crippen LogP contribution in [0, 0.1) is 6.92 Å². The second kappa shape index (κ2) is 17.3. The van der Waals surface area contributed by atoms with E-state index in [4.69, 9.17) is 8.83 Å². The predicted molar refractivity (Wildman–Crippen MR) is 335 cm³/mol. The van der Waals surface area contributed by atoms with Gasteiger partial charge in [-0.2, -0.15) is 0 Å². The van der Waals surface area contributed by atoms with Crippen LogP contribution in [0.4, 0.5) is 34.5 Å². The zero-order valence-corrected chi connectivity index (χ0v) is 46.4. The highest BCUT2D eigenvalue weighted by atomic mass is 32.1. The number of nitrogens with zero attached hydrogens (tertiary/aromatic N) is 2. The van der Waals surface area contributed by atoms with Crippen molar-refractivity contribution >= 4 is 122 Å². The molecule has 78 heavy (non-hydrogen) atoms. The summed E-state index contributed by atoms with van der Waals surface area (Å²) in [6.45, 7) is 15.8. The summed E-state index contributed by atoms with van der Waals surface area (Å²) < 4.78 is 17.7. The minimum absolute atomic E-state index is 0.115. The van der Waals surface area contributed by atoms with E-state index < -0.39 is 0 Å². The van der Waals surface area contributed by atoms with Gasteiger partial charge in [-0.15, -0.1) is 22.7 Å². The predicted octanol–water partition coefficient (Wildman–Crippen LogP) is 19.3. The standard InChI is InChI=1S/C71H55BN2O2S2/c1-42-34-59-67-60(35-42)74(58-37-46(27-31-50(58)44-20-12-9-13-21-44)56-41-78-64-25-17-15-23-52(56)64)69-66(54-39-48(71(5,6)7)29-33-62(54)76-69)72(67)65-53-38-47(70(2,3)4)28-32-61(53)75-68(65)73(59)57-36-45(26-30-49(57)43-18-10-8-11-19-43)55-40-77-63-24-16-14-22-51(55)63/h8-41H,1-7H3. The minimum Gasteiger partial charge on any atom is -0.440 e. The summed E-state index contributed by atoms with van der Waals surface area (Å²) in [5.74, 6) is 1.65. The molecule has 2 aliphatic heterocycles. The minimum atomic E-state index is -0.269. The Balaban J connectivity index is 1.09. The quantitative estimate of drug-likeness (QED) is 0.155. The number of fused-ring (bicyclic) bond motifs is 10. The summed E-state index contributed by atoms with van der Waals surface area (Å²) in [6, 6.07) is 72.0. The molecule has 0 amide bonds. The molecule has 0 fully saturated rings. The number of rotatable bonds is 6. The van der Waals surface area contributed by atoms with Crippen molar-refractivity contribution in [3.8, 4) is 44.5 Å². The number of hydrogen-bond donors (Lipinski definition) is 0. The Labute approximate surface area is 463 Å². The first-order chi connectivity index (χ1) is 37.9. The molecule has 4 nitrogen and oxygen atoms in total. The SMILES string of the molecule is Cc1cc2c3c(c1)N(c1cc(-c4csc5ccccc45)ccc1-c1ccccc1)c1oc4ccc(C(C)(C)C)cc4c1B3c1c(oc3ccc(C(C)(C)C)cc13)N2c1cc(-c2csc3ccccc23)ccc1-c1ccccc1. The molecule has 0 saturated carbocycles. The largest absolute Gasteiger partial charge is 0.440 e. The molecule has 0 aliphatic carbocycles. The molecule has 7 heteroatoms. The van der Waals surface area contributed by atoms with E-state index >= 15 is 0 Å². The van der Waals surface area contributed by atoms with Crippen LogP contribution in [0.5, 0.6) is 0 Å². The third-order valence-corrected chi connectivity index (χ3v) is 18.3. The van der Waals surface area contributed by atoms with Gasteiger partial charge in [0.1, 0.15) is 11.2 Å². The highest BCUT2D eigenvalue weighted by Crippen LogP contribution is 2.53. The third kappa shape index (κ3) is 7.24. The summed E-state index contributed by atoms with van der Waals surface area (Å²) in [7, 11) is 0. The number of hydrogen-bond acceptors (Lipinski definition) is 6. The fourth-order valence-electron chi connectivity index (χ4n) is 12.5. The summed E-state index contributed by atoms with van der Waals surface area (Å²) >= 11 is 3.60. The molecule has 0 saturated heterocycles. The second-order valence-electron chi connectivity index (χ2n) is 23.4. The van der Waals surface area contributed by atoms with E-state index in [0.717, 1.165) is 106 Å². The topological polar surface area (TPSA) is 32.8 Å². The summed E-state index contributed by atoms with van der Waals surface area (Å²) in [5, 5.41) is 9.37. The molecule has 0 bridgehead atoms. The maximum atomic E-state index is 7.56. The molecule has 0 radical (unpaired) electrons. The van der Waals surface area contributed by atoms with Gasteiger partial charge >= 0.3 is 0 Å². The first-order valence-corrected chi connectivity index (χ1v) is 28.8. The normalized spacial score (nSPS) is 13.2. The zero-order valence-electron chi connectivity index (χ0n) is 44.7. The van der Waals surface area contributed by atoms with Crippen molar-refractivity contribution in [2.45, 2.75) is 59.3 Å². The van der Waals surface area contributed by atoms with Crippen molar-refractivity contribution in [2.75, 3.05) is 9.80 Å². The van der Waals surface area contributed by atoms with Gasteiger partial charge in [-0.25, -0.2) is 0 Å². The smallest absolute Gasteiger partial charge is 0.262 e. The maximum Gasteiger partial charge on any atom is 0.262 e. The average molecular weight is 1040 g/mol. The van der Waals surface area contributed by atoms with Gasteiger partial charge in [0.25, 0.3) is 6.71 Å². The van der Waals surface area contributed by atoms with Gasteiger partial charge in [0.15, 0.2) is 0 Å². The fraction of sp³-hybridized carbons (Fsp3) is 0.127. The van der Waals surface area contributed by atoms with Gasteiger partial charge < -0.3 is 8.83 Å². The highest BCUT2D eigenvalue weighted by Gasteiger charge is 2.50. The molecule has 15 rings (SSSR count). The summed E-state index contributed by atoms with van der Waals surface area (Å²) in [5.41, 5.74) is 22.2. The zero-order chi connectivity index (χ0) is 52.8. The number of benzene rings is 9. The Bertz CT molecular complexity index is 4280. The molecule has 2 aliphatic rings. The van der Waals surface area contributed by atoms with Crippen LogP contribution in [-0.2, 0) is 10.8 Å². The lowest BCUT2D eigenvalue weighted by Crippen LogP contribution is -2.61. The van der Waals surface area contributed by atoms with Crippen LogP contribution in [0.1, 0.15) is 58.2 Å². The van der Waals surface area contributed by atoms with E-state index in [1.807, 2.05) is 0 Å². The summed E-state index contributed by atoms with van der Waals surface area (Å²) in [6.07, 6.45) is 0. The van der Waals surface area contributed by atoms with Crippen LogP contribution in [0.2, 0.25) is 0 Å². The molecule has 13 aromatic rings. The van der Waals surface area contributed by atoms with Crippen molar-refractivity contribution in [2.24, 2.45) is 0 Å². The van der Waals surface area contributed by atoms with E-state index in [1.165, 1.54) is 47.9 Å². The second-order valence-corrected chi connectivity index (χ2v) is 25.2. The van der Waals surface area contributed by atoms with Crippen LogP contribution in [0.25, 0.3) is 86.6 Å². The van der Waals surface area contributed by atoms with Crippen LogP contribution in [0.15, 0.2) is 214 Å². The van der Waals surface area contributed by atoms with Crippen LogP contribution < -0.4 is 26.2 Å². The van der Waals surface area contributed by atoms with Crippen molar-refractivity contribution in [1.29, 1.82) is 0 Å². The monoisotopic (exact) mass is 1040 g/mol. The van der Waals surface area contributed by atoms with E-state index in [2.05, 4.69) is 263 Å². The van der Waals surface area contributed by atoms with Crippen LogP contribution in [0.3, 0.4) is 0 Å². The Hall–Kier alpha value is -8.36. The molecule has 0 N–H and O–H groups in total. The maximum absolute atomic E-state index is 7.56. The Kier molecular flexibility index (Phi) is 10.4. The highest BCUT2D eigenvalue weighted by molar-refractivity contribution is 7.18. The molecule has 6 heterocycles. The molecular formula is C71H55BN2O2S2. The number of anilines is 6. The third-order valence-electron chi connectivity index (χ3n) is 16.4. The van der Waals surface area contributed by atoms with E-state index in [0.29, 0.717) is 0 Å². The van der Waals surface area contributed by atoms with Gasteiger partial charge in [-0.3, -0.25) is 9.80 Å². The molecule has 4 aromatic heterocycles. The van der Waals surface area contributed by atoms with E-state index in [-0.39, 0.29) is 17.5 Å². The molecule has 9 aromatic carbocycles. The van der Waals surface area contributed by atoms with E-state index in [9.17, 15) is 0 Å². The van der Waals surface area contributed by atoms with E-state index in [1.54, 1.807) is 22.7 Å². The lowest BCUT2D eigenvalue weighted by Gasteiger charge is -2.41. The van der Waals surface area contributed by atoms with Gasteiger partial charge in [-0.1, -0.05) is 175 Å². The van der Waals surface area contributed by atoms with Crippen LogP contribution in [-0.4, -0.2) is 6.71 Å². The number of aryl methyl sites for hydroxylation is 1. The van der Waals surface area contributed by atoms with Crippen molar-refractivity contribution in [3.63, 3.8) is 0 Å². The molecule has 0 atom stereocenters. The molecule has 0 spiro atoms. The lowest BCUT2D eigenvalue weighted by atomic mass is 9.33. The Morgan fingerprint density at radius 2 is 0.795 bits per heavy atom. The van der Waals surface area contributed by atoms with Crippen molar-refractivity contribution in [1.82, 2.24) is 0 Å². The van der Waals surface area contributed by atoms with Crippen molar-refractivity contribution in [3.05, 3.63) is 222 Å². The Morgan fingerprint density at radius 3 is 1.23 bits per heavy atom. The summed E-state index contributed by atoms with van der Waals surface area (Å²) in [4.78, 5) is 4.96.